The van der Waals surface area contributed by atoms with Gasteiger partial charge >= 0.3 is 0 Å². The van der Waals surface area contributed by atoms with Crippen LogP contribution in [0.15, 0.2) is 479 Å². The van der Waals surface area contributed by atoms with Crippen molar-refractivity contribution in [3.05, 3.63) is 479 Å². The zero-order chi connectivity index (χ0) is 90.9. The van der Waals surface area contributed by atoms with Gasteiger partial charge in [0, 0.05) is 126 Å². The highest BCUT2D eigenvalue weighted by Crippen LogP contribution is 2.49. The maximum atomic E-state index is 14.9. The predicted octanol–water partition coefficient (Wildman–Crippen LogP) is 33.8. The summed E-state index contributed by atoms with van der Waals surface area (Å²) in [6, 6.07) is 168. The molecule has 20 aromatic carbocycles. The van der Waals surface area contributed by atoms with E-state index < -0.39 is 7.14 Å². The Labute approximate surface area is 802 Å². The normalized spacial score (nSPS) is 11.7. The summed E-state index contributed by atoms with van der Waals surface area (Å²) in [5.74, 6) is 1.96. The third kappa shape index (κ3) is 15.3. The molecule has 0 N–H and O–H groups in total. The molecule has 0 spiro atoms. The molecule has 0 unspecified atom stereocenters. The Bertz CT molecular complexity index is 9320. The summed E-state index contributed by atoms with van der Waals surface area (Å²) in [7, 11) is -3.03. The molecule has 137 heavy (non-hydrogen) atoms. The number of fused-ring (bicyclic) bond motifs is 18. The second-order valence-corrected chi connectivity index (χ2v) is 40.5. The summed E-state index contributed by atoms with van der Waals surface area (Å²) in [5, 5.41) is 20.9. The zero-order valence-electron chi connectivity index (χ0n) is 73.9. The Kier molecular flexibility index (Phi) is 21.0. The Balaban J connectivity index is 0.000000109. The molecule has 0 radical (unpaired) electrons. The Morgan fingerprint density at radius 3 is 0.774 bits per heavy atom. The van der Waals surface area contributed by atoms with Crippen molar-refractivity contribution in [1.29, 1.82) is 0 Å². The standard InChI is InChI=1S/C43H28NOPS.C42H26N4S.C41H25NS/c45-46(34-11-3-1-4-12-34,35-13-5-2-6-14-35)36-26-25-32-27-31(23-24-33(32)28-36)29-19-21-30(22-20-29)42-41-38-16-8-10-18-40(38)47-43(41)37-15-7-9-17-39(37)44-42;1-3-11-30(12-4-1)40-44-41(31-13-5-2-6-14-31)46-42(45-40)32-25-21-28(22-26-32)27-19-23-29(24-20-27)38-37-34-16-8-10-18-36(34)47-39(37)33-15-7-9-17-35(33)43-38;1-2-8-29-23-31(18-15-26(29)7-1)34-22-21-32-24-30(19-20-33(32)25-34)27-13-16-28(17-14-27)40-39-36-10-4-6-12-38(36)43-41(39)35-9-3-5-11-37(35)42-40/h1-28H;1-26H;1-25H. The van der Waals surface area contributed by atoms with Crippen LogP contribution in [-0.2, 0) is 4.57 Å². The van der Waals surface area contributed by atoms with Crippen molar-refractivity contribution in [2.75, 3.05) is 0 Å². The lowest BCUT2D eigenvalue weighted by Crippen LogP contribution is -2.24. The van der Waals surface area contributed by atoms with Gasteiger partial charge in [-0.3, -0.25) is 0 Å². The van der Waals surface area contributed by atoms with Crippen LogP contribution in [0.5, 0.6) is 0 Å². The van der Waals surface area contributed by atoms with E-state index in [0.29, 0.717) is 17.5 Å². The Morgan fingerprint density at radius 1 is 0.168 bits per heavy atom. The number of hydrogen-bond acceptors (Lipinski definition) is 10. The van der Waals surface area contributed by atoms with E-state index in [0.717, 1.165) is 116 Å². The third-order valence-corrected chi connectivity index (χ3v) is 33.0. The number of para-hydroxylation sites is 3. The summed E-state index contributed by atoms with van der Waals surface area (Å²) in [6.45, 7) is 0. The first kappa shape index (κ1) is 82.2. The van der Waals surface area contributed by atoms with Crippen molar-refractivity contribution < 1.29 is 4.57 Å². The first-order chi connectivity index (χ1) is 67.7. The molecule has 0 aliphatic heterocycles. The molecule has 7 nitrogen and oxygen atoms in total. The van der Waals surface area contributed by atoms with Crippen molar-refractivity contribution in [3.63, 3.8) is 0 Å². The van der Waals surface area contributed by atoms with E-state index in [1.807, 2.05) is 161 Å². The highest BCUT2D eigenvalue weighted by molar-refractivity contribution is 7.85. The van der Waals surface area contributed by atoms with Gasteiger partial charge in [0.15, 0.2) is 24.6 Å². The van der Waals surface area contributed by atoms with E-state index in [9.17, 15) is 4.57 Å². The van der Waals surface area contributed by atoms with Crippen LogP contribution >= 0.6 is 41.2 Å². The lowest BCUT2D eigenvalue weighted by molar-refractivity contribution is 0.592. The van der Waals surface area contributed by atoms with Gasteiger partial charge in [-0.25, -0.2) is 29.9 Å². The fourth-order valence-electron chi connectivity index (χ4n) is 19.4. The van der Waals surface area contributed by atoms with E-state index in [1.165, 1.54) is 120 Å². The largest absolute Gasteiger partial charge is 0.309 e. The van der Waals surface area contributed by atoms with Gasteiger partial charge in [-0.05, 0) is 144 Å². The molecule has 27 rings (SSSR count). The van der Waals surface area contributed by atoms with Crippen molar-refractivity contribution >= 4 is 183 Å². The first-order valence-electron chi connectivity index (χ1n) is 45.9. The van der Waals surface area contributed by atoms with Crippen molar-refractivity contribution in [2.45, 2.75) is 0 Å². The van der Waals surface area contributed by atoms with Crippen molar-refractivity contribution in [3.8, 4) is 112 Å². The highest BCUT2D eigenvalue weighted by atomic mass is 32.1. The van der Waals surface area contributed by atoms with E-state index in [-0.39, 0.29) is 0 Å². The Hall–Kier alpha value is -16.7. The predicted molar refractivity (Wildman–Crippen MR) is 584 cm³/mol. The molecule has 11 heteroatoms. The number of hydrogen-bond donors (Lipinski definition) is 0. The van der Waals surface area contributed by atoms with Crippen LogP contribution in [-0.4, -0.2) is 29.9 Å². The fourth-order valence-corrected chi connectivity index (χ4v) is 25.8. The van der Waals surface area contributed by atoms with Gasteiger partial charge in [0.25, 0.3) is 0 Å². The monoisotopic (exact) mass is 1820 g/mol. The molecule has 0 aliphatic carbocycles. The molecule has 0 saturated carbocycles. The van der Waals surface area contributed by atoms with Crippen LogP contribution in [0.25, 0.3) is 238 Å². The molecule has 0 fully saturated rings. The maximum Gasteiger partial charge on any atom is 0.171 e. The van der Waals surface area contributed by atoms with Crippen LogP contribution in [0.2, 0.25) is 0 Å². The van der Waals surface area contributed by atoms with Crippen molar-refractivity contribution in [2.24, 2.45) is 0 Å². The van der Waals surface area contributed by atoms with Gasteiger partial charge in [0.05, 0.1) is 33.6 Å². The molecule has 642 valence electrons. The summed E-state index contributed by atoms with van der Waals surface area (Å²) >= 11 is 5.55. The van der Waals surface area contributed by atoms with Crippen LogP contribution in [0.4, 0.5) is 0 Å². The topological polar surface area (TPSA) is 94.4 Å². The molecule has 0 aliphatic rings. The average molecular weight is 1820 g/mol. The fraction of sp³-hybridized carbons (Fsp3) is 0. The molecule has 0 amide bonds. The minimum absolute atomic E-state index is 0.647. The zero-order valence-corrected chi connectivity index (χ0v) is 77.2. The maximum absolute atomic E-state index is 14.9. The van der Waals surface area contributed by atoms with Gasteiger partial charge in [0.2, 0.25) is 0 Å². The van der Waals surface area contributed by atoms with Gasteiger partial charge in [0.1, 0.15) is 0 Å². The molecular weight excluding hydrogens is 1740 g/mol. The van der Waals surface area contributed by atoms with Gasteiger partial charge in [-0.1, -0.05) is 413 Å². The summed E-state index contributed by atoms with van der Waals surface area (Å²) in [5.41, 5.74) is 21.8. The summed E-state index contributed by atoms with van der Waals surface area (Å²) in [4.78, 5) is 30.2. The molecule has 0 bridgehead atoms. The quantitative estimate of drug-likeness (QED) is 0.106. The lowest BCUT2D eigenvalue weighted by atomic mass is 9.95. The minimum Gasteiger partial charge on any atom is -0.309 e. The van der Waals surface area contributed by atoms with Gasteiger partial charge < -0.3 is 4.57 Å². The number of rotatable bonds is 13. The molecule has 0 atom stereocenters. The smallest absolute Gasteiger partial charge is 0.171 e. The number of benzene rings is 20. The molecule has 0 saturated heterocycles. The lowest BCUT2D eigenvalue weighted by Gasteiger charge is -2.20. The highest BCUT2D eigenvalue weighted by Gasteiger charge is 2.31. The Morgan fingerprint density at radius 2 is 0.409 bits per heavy atom. The van der Waals surface area contributed by atoms with E-state index in [2.05, 4.69) is 352 Å². The molecule has 7 aromatic heterocycles. The van der Waals surface area contributed by atoms with Crippen LogP contribution < -0.4 is 15.9 Å². The average Bonchev–Trinajstić information content (AvgIpc) is 1.62. The number of nitrogens with zero attached hydrogens (tertiary/aromatic N) is 6. The van der Waals surface area contributed by atoms with Gasteiger partial charge in [-0.15, -0.1) is 34.0 Å². The number of aromatic nitrogens is 6. The minimum atomic E-state index is -3.03. The second-order valence-electron chi connectivity index (χ2n) is 34.6. The van der Waals surface area contributed by atoms with Crippen LogP contribution in [0.1, 0.15) is 0 Å². The molecule has 27 aromatic rings. The van der Waals surface area contributed by atoms with Crippen LogP contribution in [0.3, 0.4) is 0 Å². The van der Waals surface area contributed by atoms with E-state index in [1.54, 1.807) is 0 Å². The molecular formula is C126H79N6OPS3. The van der Waals surface area contributed by atoms with Gasteiger partial charge in [-0.2, -0.15) is 0 Å². The number of thiophene rings is 3. The summed E-state index contributed by atoms with van der Waals surface area (Å²) < 4.78 is 22.6. The third-order valence-electron chi connectivity index (χ3n) is 26.3. The summed E-state index contributed by atoms with van der Waals surface area (Å²) in [6.07, 6.45) is 0. The second kappa shape index (κ2) is 35.0. The van der Waals surface area contributed by atoms with E-state index >= 15 is 0 Å². The first-order valence-corrected chi connectivity index (χ1v) is 50.1. The van der Waals surface area contributed by atoms with E-state index in [4.69, 9.17) is 29.9 Å². The SMILES string of the molecule is O=P(c1ccccc1)(c1ccccc1)c1ccc2cc(-c3ccc(-c4nc5ccccc5c5sc6ccccc6c45)cc3)ccc2c1.c1ccc(-c2nc(-c3ccccc3)nc(-c3ccc(-c4ccc(-c5nc6ccccc6c6sc7ccccc7c56)cc4)cc3)n2)cc1.c1ccc2cc(-c3ccc4cc(-c5ccc(-c6nc7ccccc7c7sc8ccccc8c67)cc5)ccc4c3)ccc2c1. The molecule has 7 heterocycles. The van der Waals surface area contributed by atoms with Crippen LogP contribution in [0, 0.1) is 0 Å². The number of pyridine rings is 3. The van der Waals surface area contributed by atoms with Crippen molar-refractivity contribution in [1.82, 2.24) is 29.9 Å².